The summed E-state index contributed by atoms with van der Waals surface area (Å²) in [6, 6.07) is 13.6. The summed E-state index contributed by atoms with van der Waals surface area (Å²) in [5.41, 5.74) is 1.72. The minimum Gasteiger partial charge on any atom is -0.348 e. The first-order chi connectivity index (χ1) is 9.06. The normalized spacial score (nSPS) is 10.3. The highest BCUT2D eigenvalue weighted by atomic mass is 127. The van der Waals surface area contributed by atoms with Crippen LogP contribution in [0.15, 0.2) is 51.4 Å². The Labute approximate surface area is 142 Å². The van der Waals surface area contributed by atoms with E-state index in [0.29, 0.717) is 12.1 Å². The highest BCUT2D eigenvalue weighted by Crippen LogP contribution is 2.19. The lowest BCUT2D eigenvalue weighted by molar-refractivity contribution is 0.0950. The lowest BCUT2D eigenvalue weighted by Crippen LogP contribution is -2.23. The fourth-order valence-corrected chi connectivity index (χ4v) is 2.73. The molecular formula is C14H10Br2INO. The maximum absolute atomic E-state index is 12.1. The summed E-state index contributed by atoms with van der Waals surface area (Å²) in [4.78, 5) is 12.1. The van der Waals surface area contributed by atoms with Gasteiger partial charge < -0.3 is 5.32 Å². The smallest absolute Gasteiger partial charge is 0.252 e. The Bertz CT molecular complexity index is 599. The van der Waals surface area contributed by atoms with Crippen LogP contribution in [0.1, 0.15) is 15.9 Å². The van der Waals surface area contributed by atoms with Crippen molar-refractivity contribution in [3.63, 3.8) is 0 Å². The van der Waals surface area contributed by atoms with Crippen molar-refractivity contribution >= 4 is 60.4 Å². The highest BCUT2D eigenvalue weighted by Gasteiger charge is 2.10. The third kappa shape index (κ3) is 4.29. The van der Waals surface area contributed by atoms with E-state index in [1.54, 1.807) is 0 Å². The number of rotatable bonds is 3. The Hall–Kier alpha value is -0.400. The third-order valence-electron chi connectivity index (χ3n) is 2.54. The van der Waals surface area contributed by atoms with Gasteiger partial charge in [-0.15, -0.1) is 0 Å². The van der Waals surface area contributed by atoms with E-state index in [-0.39, 0.29) is 5.91 Å². The van der Waals surface area contributed by atoms with Crippen LogP contribution in [0.5, 0.6) is 0 Å². The zero-order valence-electron chi connectivity index (χ0n) is 9.79. The largest absolute Gasteiger partial charge is 0.348 e. The van der Waals surface area contributed by atoms with Crippen LogP contribution in [0.25, 0.3) is 0 Å². The molecule has 19 heavy (non-hydrogen) atoms. The van der Waals surface area contributed by atoms with Crippen molar-refractivity contribution in [3.8, 4) is 0 Å². The fourth-order valence-electron chi connectivity index (χ4n) is 1.55. The molecule has 0 aliphatic rings. The SMILES string of the molecule is O=C(NCc1ccc(Br)cc1)c1cc(I)ccc1Br. The average Bonchev–Trinajstić information content (AvgIpc) is 2.40. The van der Waals surface area contributed by atoms with E-state index in [4.69, 9.17) is 0 Å². The molecule has 2 rings (SSSR count). The van der Waals surface area contributed by atoms with Crippen LogP contribution in [0, 0.1) is 3.57 Å². The maximum Gasteiger partial charge on any atom is 0.252 e. The van der Waals surface area contributed by atoms with Gasteiger partial charge in [-0.2, -0.15) is 0 Å². The molecule has 1 amide bonds. The first-order valence-electron chi connectivity index (χ1n) is 5.54. The Kier molecular flexibility index (Phi) is 5.41. The lowest BCUT2D eigenvalue weighted by Gasteiger charge is -2.07. The molecule has 0 aromatic heterocycles. The summed E-state index contributed by atoms with van der Waals surface area (Å²) >= 11 is 8.97. The quantitative estimate of drug-likeness (QED) is 0.613. The van der Waals surface area contributed by atoms with E-state index < -0.39 is 0 Å². The van der Waals surface area contributed by atoms with Gasteiger partial charge in [0.15, 0.2) is 0 Å². The summed E-state index contributed by atoms with van der Waals surface area (Å²) in [5, 5.41) is 2.92. The summed E-state index contributed by atoms with van der Waals surface area (Å²) in [6.07, 6.45) is 0. The molecule has 0 fully saturated rings. The molecule has 0 aliphatic heterocycles. The second-order valence-electron chi connectivity index (χ2n) is 3.93. The molecule has 0 unspecified atom stereocenters. The van der Waals surface area contributed by atoms with Crippen LogP contribution in [-0.2, 0) is 6.54 Å². The van der Waals surface area contributed by atoms with E-state index in [1.165, 1.54) is 0 Å². The van der Waals surface area contributed by atoms with E-state index in [1.807, 2.05) is 42.5 Å². The molecular weight excluding hydrogens is 485 g/mol. The van der Waals surface area contributed by atoms with Crippen LogP contribution >= 0.6 is 54.5 Å². The predicted octanol–water partition coefficient (Wildman–Crippen LogP) is 4.75. The molecule has 0 radical (unpaired) electrons. The van der Waals surface area contributed by atoms with E-state index >= 15 is 0 Å². The van der Waals surface area contributed by atoms with Gasteiger partial charge in [-0.05, 0) is 74.4 Å². The van der Waals surface area contributed by atoms with Crippen LogP contribution in [0.3, 0.4) is 0 Å². The topological polar surface area (TPSA) is 29.1 Å². The molecule has 0 atom stereocenters. The van der Waals surface area contributed by atoms with Crippen LogP contribution in [-0.4, -0.2) is 5.91 Å². The van der Waals surface area contributed by atoms with E-state index in [9.17, 15) is 4.79 Å². The van der Waals surface area contributed by atoms with Gasteiger partial charge in [-0.25, -0.2) is 0 Å². The summed E-state index contributed by atoms with van der Waals surface area (Å²) < 4.78 is 2.87. The first kappa shape index (κ1) is 15.0. The summed E-state index contributed by atoms with van der Waals surface area (Å²) in [6.45, 7) is 0.518. The molecule has 0 saturated heterocycles. The molecule has 0 spiro atoms. The molecule has 98 valence electrons. The van der Waals surface area contributed by atoms with Gasteiger partial charge in [-0.3, -0.25) is 4.79 Å². The Morgan fingerprint density at radius 2 is 1.79 bits per heavy atom. The van der Waals surface area contributed by atoms with Crippen LogP contribution in [0.2, 0.25) is 0 Å². The lowest BCUT2D eigenvalue weighted by atomic mass is 10.2. The predicted molar refractivity (Wildman–Crippen MR) is 92.2 cm³/mol. The van der Waals surface area contributed by atoms with Crippen molar-refractivity contribution in [3.05, 3.63) is 66.1 Å². The van der Waals surface area contributed by atoms with Gasteiger partial charge in [-0.1, -0.05) is 28.1 Å². The number of carbonyl (C=O) groups is 1. The standard InChI is InChI=1S/C14H10Br2INO/c15-10-3-1-9(2-4-10)8-18-14(19)12-7-11(17)5-6-13(12)16/h1-7H,8H2,(H,18,19). The van der Waals surface area contributed by atoms with Crippen molar-refractivity contribution in [2.24, 2.45) is 0 Å². The molecule has 1 N–H and O–H groups in total. The number of halogens is 3. The summed E-state index contributed by atoms with van der Waals surface area (Å²) in [7, 11) is 0. The van der Waals surface area contributed by atoms with E-state index in [2.05, 4.69) is 59.8 Å². The second kappa shape index (κ2) is 6.85. The molecule has 2 aromatic carbocycles. The second-order valence-corrected chi connectivity index (χ2v) is 6.95. The number of amides is 1. The molecule has 0 heterocycles. The number of benzene rings is 2. The monoisotopic (exact) mass is 493 g/mol. The number of hydrogen-bond donors (Lipinski definition) is 1. The van der Waals surface area contributed by atoms with Crippen molar-refractivity contribution in [1.29, 1.82) is 0 Å². The van der Waals surface area contributed by atoms with Crippen LogP contribution in [0.4, 0.5) is 0 Å². The Morgan fingerprint density at radius 3 is 2.47 bits per heavy atom. The Morgan fingerprint density at radius 1 is 1.11 bits per heavy atom. The zero-order valence-corrected chi connectivity index (χ0v) is 15.1. The minimum atomic E-state index is -0.0756. The third-order valence-corrected chi connectivity index (χ3v) is 4.43. The van der Waals surface area contributed by atoms with Gasteiger partial charge >= 0.3 is 0 Å². The molecule has 5 heteroatoms. The molecule has 2 aromatic rings. The number of carbonyl (C=O) groups excluding carboxylic acids is 1. The first-order valence-corrected chi connectivity index (χ1v) is 8.20. The van der Waals surface area contributed by atoms with Gasteiger partial charge in [0.2, 0.25) is 0 Å². The molecule has 0 aliphatic carbocycles. The fraction of sp³-hybridized carbons (Fsp3) is 0.0714. The van der Waals surface area contributed by atoms with Gasteiger partial charge in [0.05, 0.1) is 5.56 Å². The molecule has 0 saturated carbocycles. The minimum absolute atomic E-state index is 0.0756. The average molecular weight is 495 g/mol. The van der Waals surface area contributed by atoms with Crippen molar-refractivity contribution in [2.45, 2.75) is 6.54 Å². The van der Waals surface area contributed by atoms with E-state index in [0.717, 1.165) is 18.1 Å². The van der Waals surface area contributed by atoms with Crippen LogP contribution < -0.4 is 5.32 Å². The van der Waals surface area contributed by atoms with Crippen molar-refractivity contribution < 1.29 is 4.79 Å². The van der Waals surface area contributed by atoms with Crippen molar-refractivity contribution in [1.82, 2.24) is 5.32 Å². The zero-order chi connectivity index (χ0) is 13.8. The summed E-state index contributed by atoms with van der Waals surface area (Å²) in [5.74, 6) is -0.0756. The number of hydrogen-bond acceptors (Lipinski definition) is 1. The maximum atomic E-state index is 12.1. The highest BCUT2D eigenvalue weighted by molar-refractivity contribution is 14.1. The molecule has 2 nitrogen and oxygen atoms in total. The van der Waals surface area contributed by atoms with Gasteiger partial charge in [0, 0.05) is 19.1 Å². The van der Waals surface area contributed by atoms with Gasteiger partial charge in [0.1, 0.15) is 0 Å². The van der Waals surface area contributed by atoms with Crippen molar-refractivity contribution in [2.75, 3.05) is 0 Å². The molecule has 0 bridgehead atoms. The van der Waals surface area contributed by atoms with Gasteiger partial charge in [0.25, 0.3) is 5.91 Å². The number of nitrogens with one attached hydrogen (secondary N) is 1. The Balaban J connectivity index is 2.05.